The minimum absolute atomic E-state index is 0.0353. The van der Waals surface area contributed by atoms with E-state index in [1.54, 1.807) is 24.0 Å². The number of H-pyrrole nitrogens is 1. The standard InChI is InChI=1S/C38H41F2N7O4/c1-9-26(48)45-16-22-12-13-51-36-33(46(22)15-21(45)7)23-14-24(39)28(27-20(6)10-11-25-34(27)44(8)38(50)43-25)29(40)32(23)47(37(36)49)35-30(18(2)3)41-17-42-31(35)19(4)5/h9-11,14,17-19,21-22H,1,12-13,15-16H2,2-8H3,(H,43,50). The van der Waals surface area contributed by atoms with E-state index in [1.807, 2.05) is 39.5 Å². The smallest absolute Gasteiger partial charge is 0.326 e. The van der Waals surface area contributed by atoms with Crippen molar-refractivity contribution in [2.75, 3.05) is 24.6 Å². The van der Waals surface area contributed by atoms with Gasteiger partial charge in [-0.25, -0.2) is 23.5 Å². The lowest BCUT2D eigenvalue weighted by Crippen LogP contribution is -2.59. The third kappa shape index (κ3) is 5.15. The Kier molecular flexibility index (Phi) is 8.34. The maximum absolute atomic E-state index is 18.0. The van der Waals surface area contributed by atoms with Crippen LogP contribution >= 0.6 is 0 Å². The Labute approximate surface area is 293 Å². The lowest BCUT2D eigenvalue weighted by Gasteiger charge is -2.45. The summed E-state index contributed by atoms with van der Waals surface area (Å²) < 4.78 is 43.8. The molecule has 1 fully saturated rings. The van der Waals surface area contributed by atoms with Gasteiger partial charge < -0.3 is 19.5 Å². The lowest BCUT2D eigenvalue weighted by atomic mass is 9.94. The van der Waals surface area contributed by atoms with Gasteiger partial charge in [-0.2, -0.15) is 0 Å². The first kappa shape index (κ1) is 34.1. The predicted molar refractivity (Wildman–Crippen MR) is 193 cm³/mol. The number of amides is 1. The molecule has 0 spiro atoms. The molecule has 0 bridgehead atoms. The van der Waals surface area contributed by atoms with E-state index in [0.29, 0.717) is 46.6 Å². The molecule has 7 rings (SSSR count). The van der Waals surface area contributed by atoms with Crippen molar-refractivity contribution in [3.8, 4) is 22.6 Å². The Morgan fingerprint density at radius 2 is 1.73 bits per heavy atom. The Bertz CT molecular complexity index is 2370. The van der Waals surface area contributed by atoms with Crippen molar-refractivity contribution in [1.29, 1.82) is 0 Å². The van der Waals surface area contributed by atoms with Crippen LogP contribution in [0.5, 0.6) is 5.75 Å². The molecular formula is C38H41F2N7O4. The van der Waals surface area contributed by atoms with Gasteiger partial charge in [0.1, 0.15) is 12.1 Å². The second-order valence-corrected chi connectivity index (χ2v) is 14.2. The molecule has 2 atom stereocenters. The number of nitrogens with one attached hydrogen (secondary N) is 1. The van der Waals surface area contributed by atoms with Crippen molar-refractivity contribution < 1.29 is 18.3 Å². The van der Waals surface area contributed by atoms with Crippen LogP contribution in [-0.2, 0) is 11.8 Å². The highest BCUT2D eigenvalue weighted by Crippen LogP contribution is 2.45. The molecule has 1 N–H and O–H groups in total. The quantitative estimate of drug-likeness (QED) is 0.230. The number of ether oxygens (including phenoxy) is 1. The fourth-order valence-corrected chi connectivity index (χ4v) is 7.81. The first-order valence-electron chi connectivity index (χ1n) is 17.2. The van der Waals surface area contributed by atoms with Gasteiger partial charge in [0.2, 0.25) is 11.7 Å². The van der Waals surface area contributed by atoms with Gasteiger partial charge in [0.25, 0.3) is 5.56 Å². The summed E-state index contributed by atoms with van der Waals surface area (Å²) in [5.74, 6) is -2.50. The van der Waals surface area contributed by atoms with Gasteiger partial charge in [0, 0.05) is 43.5 Å². The van der Waals surface area contributed by atoms with Gasteiger partial charge in [0.05, 0.1) is 57.5 Å². The fraction of sp³-hybridized carbons (Fsp3) is 0.395. The number of pyridine rings is 1. The molecule has 13 heteroatoms. The largest absolute Gasteiger partial charge is 0.486 e. The number of hydrogen-bond donors (Lipinski definition) is 1. The monoisotopic (exact) mass is 697 g/mol. The van der Waals surface area contributed by atoms with Crippen LogP contribution in [0.25, 0.3) is 38.8 Å². The second-order valence-electron chi connectivity index (χ2n) is 14.2. The zero-order valence-electron chi connectivity index (χ0n) is 29.8. The normalized spacial score (nSPS) is 17.5. The predicted octanol–water partition coefficient (Wildman–Crippen LogP) is 5.84. The van der Waals surface area contributed by atoms with E-state index in [2.05, 4.69) is 21.5 Å². The summed E-state index contributed by atoms with van der Waals surface area (Å²) in [5.41, 5.74) is 1.50. The maximum atomic E-state index is 18.0. The number of halogens is 2. The molecule has 0 saturated carbocycles. The average molecular weight is 698 g/mol. The Hall–Kier alpha value is -5.33. The number of aromatic nitrogens is 5. The van der Waals surface area contributed by atoms with Crippen LogP contribution in [0.2, 0.25) is 0 Å². The summed E-state index contributed by atoms with van der Waals surface area (Å²) >= 11 is 0. The molecule has 5 heterocycles. The summed E-state index contributed by atoms with van der Waals surface area (Å²) in [7, 11) is 1.54. The zero-order valence-corrected chi connectivity index (χ0v) is 29.8. The number of imidazole rings is 1. The second kappa shape index (κ2) is 12.5. The van der Waals surface area contributed by atoms with Crippen molar-refractivity contribution in [2.24, 2.45) is 7.05 Å². The molecule has 0 aliphatic carbocycles. The summed E-state index contributed by atoms with van der Waals surface area (Å²) in [5, 5.41) is 0.131. The number of fused-ring (bicyclic) bond motifs is 6. The summed E-state index contributed by atoms with van der Waals surface area (Å²) in [6, 6.07) is 4.05. The Morgan fingerprint density at radius 1 is 1.04 bits per heavy atom. The minimum Gasteiger partial charge on any atom is -0.486 e. The molecular weight excluding hydrogens is 656 g/mol. The van der Waals surface area contributed by atoms with Gasteiger partial charge in [-0.05, 0) is 49.5 Å². The number of aromatic amines is 1. The SMILES string of the molecule is C=CC(=O)N1CC2CCOc3c(c4cc(F)c(-c5c(C)ccc6[nH]c(=O)n(C)c56)c(F)c4n(-c4c(C(C)C)ncnc4C(C)C)c3=O)N2CC1C. The molecule has 2 unspecified atom stereocenters. The molecule has 0 radical (unpaired) electrons. The molecule has 1 saturated heterocycles. The Balaban J connectivity index is 1.66. The van der Waals surface area contributed by atoms with Crippen molar-refractivity contribution >= 4 is 33.5 Å². The van der Waals surface area contributed by atoms with Gasteiger partial charge in [0.15, 0.2) is 5.82 Å². The summed E-state index contributed by atoms with van der Waals surface area (Å²) in [6.45, 7) is 15.7. The zero-order chi connectivity index (χ0) is 36.6. The highest BCUT2D eigenvalue weighted by atomic mass is 19.1. The maximum Gasteiger partial charge on any atom is 0.326 e. The van der Waals surface area contributed by atoms with E-state index in [4.69, 9.17) is 4.74 Å². The number of nitrogens with zero attached hydrogens (tertiary/aromatic N) is 6. The van der Waals surface area contributed by atoms with E-state index < -0.39 is 22.9 Å². The molecule has 3 aromatic heterocycles. The Morgan fingerprint density at radius 3 is 2.37 bits per heavy atom. The van der Waals surface area contributed by atoms with Crippen LogP contribution in [-0.4, -0.2) is 66.7 Å². The van der Waals surface area contributed by atoms with Crippen LogP contribution < -0.4 is 20.9 Å². The van der Waals surface area contributed by atoms with Crippen molar-refractivity contribution in [1.82, 2.24) is 29.0 Å². The fourth-order valence-electron chi connectivity index (χ4n) is 7.81. The van der Waals surface area contributed by atoms with E-state index in [0.717, 1.165) is 0 Å². The first-order chi connectivity index (χ1) is 24.3. The molecule has 1 amide bonds. The summed E-state index contributed by atoms with van der Waals surface area (Å²) in [6.07, 6.45) is 3.17. The number of anilines is 1. The number of carbonyl (C=O) groups is 1. The minimum atomic E-state index is -0.975. The van der Waals surface area contributed by atoms with E-state index in [-0.39, 0.29) is 76.4 Å². The number of benzene rings is 2. The topological polar surface area (TPSA) is 118 Å². The van der Waals surface area contributed by atoms with Gasteiger partial charge in [-0.15, -0.1) is 0 Å². The van der Waals surface area contributed by atoms with Crippen molar-refractivity contribution in [3.63, 3.8) is 0 Å². The van der Waals surface area contributed by atoms with Crippen LogP contribution in [0.15, 0.2) is 46.8 Å². The highest BCUT2D eigenvalue weighted by Gasteiger charge is 2.40. The van der Waals surface area contributed by atoms with Gasteiger partial charge >= 0.3 is 5.69 Å². The van der Waals surface area contributed by atoms with Crippen molar-refractivity contribution in [2.45, 2.75) is 71.9 Å². The van der Waals surface area contributed by atoms with E-state index in [1.165, 1.54) is 34.7 Å². The number of aryl methyl sites for hydroxylation is 2. The summed E-state index contributed by atoms with van der Waals surface area (Å²) in [4.78, 5) is 56.2. The molecule has 266 valence electrons. The molecule has 11 nitrogen and oxygen atoms in total. The number of hydrogen-bond acceptors (Lipinski definition) is 7. The third-order valence-corrected chi connectivity index (χ3v) is 10.3. The van der Waals surface area contributed by atoms with Crippen LogP contribution in [0.4, 0.5) is 14.5 Å². The van der Waals surface area contributed by atoms with Crippen LogP contribution in [0.1, 0.15) is 69.8 Å². The third-order valence-electron chi connectivity index (χ3n) is 10.3. The molecule has 5 aromatic rings. The molecule has 2 aliphatic heterocycles. The number of rotatable bonds is 5. The van der Waals surface area contributed by atoms with Crippen molar-refractivity contribution in [3.05, 3.63) is 86.6 Å². The van der Waals surface area contributed by atoms with Crippen LogP contribution in [0, 0.1) is 18.6 Å². The first-order valence-corrected chi connectivity index (χ1v) is 17.2. The lowest BCUT2D eigenvalue weighted by molar-refractivity contribution is -0.129. The number of piperazine rings is 1. The van der Waals surface area contributed by atoms with E-state index in [9.17, 15) is 9.59 Å². The average Bonchev–Trinajstić information content (AvgIpc) is 3.25. The van der Waals surface area contributed by atoms with Crippen LogP contribution in [0.3, 0.4) is 0 Å². The molecule has 2 aliphatic rings. The van der Waals surface area contributed by atoms with E-state index >= 15 is 13.6 Å². The highest BCUT2D eigenvalue weighted by molar-refractivity contribution is 6.02. The molecule has 2 aromatic carbocycles. The van der Waals surface area contributed by atoms with Gasteiger partial charge in [-0.3, -0.25) is 18.7 Å². The molecule has 51 heavy (non-hydrogen) atoms. The van der Waals surface area contributed by atoms with Gasteiger partial charge in [-0.1, -0.05) is 40.3 Å². The number of carbonyl (C=O) groups excluding carboxylic acids is 1.